The van der Waals surface area contributed by atoms with Crippen molar-refractivity contribution in [2.75, 3.05) is 31.5 Å². The highest BCUT2D eigenvalue weighted by molar-refractivity contribution is 6.32. The van der Waals surface area contributed by atoms with Crippen LogP contribution in [0.25, 0.3) is 22.4 Å². The summed E-state index contributed by atoms with van der Waals surface area (Å²) < 4.78 is 6.24. The highest BCUT2D eigenvalue weighted by atomic mass is 35.5. The molecule has 1 aromatic heterocycles. The van der Waals surface area contributed by atoms with Gasteiger partial charge < -0.3 is 25.2 Å². The molecule has 0 radical (unpaired) electrons. The lowest BCUT2D eigenvalue weighted by molar-refractivity contribution is -0.144. The Morgan fingerprint density at radius 2 is 1.51 bits per heavy atom. The van der Waals surface area contributed by atoms with Gasteiger partial charge in [0, 0.05) is 74.6 Å². The summed E-state index contributed by atoms with van der Waals surface area (Å²) in [7, 11) is 0. The lowest BCUT2D eigenvalue weighted by atomic mass is 9.84. The predicted molar refractivity (Wildman–Crippen MR) is 204 cm³/mol. The van der Waals surface area contributed by atoms with Crippen LogP contribution >= 0.6 is 11.6 Å². The number of halogens is 1. The number of aromatic nitrogens is 2. The molecule has 8 rings (SSSR count). The van der Waals surface area contributed by atoms with Crippen LogP contribution in [0.4, 0.5) is 5.95 Å². The van der Waals surface area contributed by atoms with Crippen LogP contribution < -0.4 is 15.4 Å². The molecule has 2 saturated heterocycles. The second kappa shape index (κ2) is 15.6. The normalized spacial score (nSPS) is 20.8. The molecule has 10 nitrogen and oxygen atoms in total. The molecule has 2 N–H and O–H groups in total. The maximum Gasteiger partial charge on any atom is 0.251 e. The number of nitrogens with one attached hydrogen (secondary N) is 2. The van der Waals surface area contributed by atoms with E-state index in [4.69, 9.17) is 21.3 Å². The van der Waals surface area contributed by atoms with Gasteiger partial charge in [-0.15, -0.1) is 0 Å². The standard InChI is InChI=1S/C42H45ClN6O4/c43-37-26-45-42(47-38(37)30-9-4-8-29(22-30)27-6-2-1-3-7-27)46-33-11-5-10-31(23-33)41(52)48-18-14-28(15-19-48)40(51)49-20-16-34(17-21-49)53-35-12-13-36-32(24-35)25-44-39(36)50/h1-4,6-9,12-13,22,24,26,28,31,33-34H,5,10-11,14-21,23,25H2,(H,44,50)(H,45,46,47). The molecule has 2 atom stereocenters. The van der Waals surface area contributed by atoms with Crippen molar-refractivity contribution in [3.05, 3.63) is 95.1 Å². The number of carbonyl (C=O) groups excluding carboxylic acids is 3. The van der Waals surface area contributed by atoms with Gasteiger partial charge in [0.15, 0.2) is 0 Å². The maximum absolute atomic E-state index is 13.7. The molecule has 2 unspecified atom stereocenters. The number of benzene rings is 3. The third kappa shape index (κ3) is 7.88. The van der Waals surface area contributed by atoms with E-state index < -0.39 is 0 Å². The lowest BCUT2D eigenvalue weighted by Crippen LogP contribution is -2.49. The number of hydrogen-bond donors (Lipinski definition) is 2. The van der Waals surface area contributed by atoms with E-state index in [1.54, 1.807) is 6.20 Å². The summed E-state index contributed by atoms with van der Waals surface area (Å²) in [5.41, 5.74) is 5.49. The molecule has 11 heteroatoms. The average molecular weight is 733 g/mol. The molecule has 274 valence electrons. The minimum Gasteiger partial charge on any atom is -0.490 e. The monoisotopic (exact) mass is 732 g/mol. The number of rotatable bonds is 8. The molecule has 1 aliphatic carbocycles. The Balaban J connectivity index is 0.809. The summed E-state index contributed by atoms with van der Waals surface area (Å²) in [6.07, 6.45) is 8.12. The van der Waals surface area contributed by atoms with Gasteiger partial charge in [0.1, 0.15) is 11.9 Å². The third-order valence-electron chi connectivity index (χ3n) is 11.3. The fourth-order valence-corrected chi connectivity index (χ4v) is 8.58. The van der Waals surface area contributed by atoms with Crippen LogP contribution in [-0.2, 0) is 16.1 Å². The summed E-state index contributed by atoms with van der Waals surface area (Å²) in [5, 5.41) is 6.84. The number of anilines is 1. The Morgan fingerprint density at radius 3 is 2.30 bits per heavy atom. The van der Waals surface area contributed by atoms with E-state index in [1.165, 1.54) is 0 Å². The molecule has 4 aromatic rings. The number of hydrogen-bond acceptors (Lipinski definition) is 7. The summed E-state index contributed by atoms with van der Waals surface area (Å²) in [5.74, 6) is 1.53. The van der Waals surface area contributed by atoms with Crippen molar-refractivity contribution in [3.8, 4) is 28.1 Å². The molecule has 3 amide bonds. The minimum absolute atomic E-state index is 0.0365. The van der Waals surface area contributed by atoms with Gasteiger partial charge in [0.05, 0.1) is 16.9 Å². The zero-order chi connectivity index (χ0) is 36.3. The van der Waals surface area contributed by atoms with Crippen molar-refractivity contribution in [2.24, 2.45) is 11.8 Å². The van der Waals surface area contributed by atoms with E-state index in [2.05, 4.69) is 39.9 Å². The Bertz CT molecular complexity index is 1980. The Morgan fingerprint density at radius 1 is 0.792 bits per heavy atom. The van der Waals surface area contributed by atoms with Crippen LogP contribution in [0.1, 0.15) is 67.3 Å². The fourth-order valence-electron chi connectivity index (χ4n) is 8.38. The van der Waals surface area contributed by atoms with E-state index in [-0.39, 0.29) is 41.7 Å². The van der Waals surface area contributed by atoms with Gasteiger partial charge in [0.25, 0.3) is 5.91 Å². The molecule has 4 heterocycles. The van der Waals surface area contributed by atoms with Gasteiger partial charge in [-0.05, 0) is 73.1 Å². The SMILES string of the molecule is O=C1NCc2cc(OC3CCN(C(=O)C4CCN(C(=O)C5CCCC(Nc6ncc(Cl)c(-c7cccc(-c8ccccc8)c7)n6)C5)CC4)CC3)ccc21. The lowest BCUT2D eigenvalue weighted by Gasteiger charge is -2.39. The van der Waals surface area contributed by atoms with E-state index >= 15 is 0 Å². The topological polar surface area (TPSA) is 117 Å². The smallest absolute Gasteiger partial charge is 0.251 e. The first-order chi connectivity index (χ1) is 25.9. The number of carbonyl (C=O) groups is 3. The van der Waals surface area contributed by atoms with E-state index in [9.17, 15) is 14.4 Å². The Hall–Kier alpha value is -4.96. The second-order valence-corrected chi connectivity index (χ2v) is 15.2. The Labute approximate surface area is 315 Å². The molecule has 4 aliphatic rings. The predicted octanol–water partition coefficient (Wildman–Crippen LogP) is 6.99. The van der Waals surface area contributed by atoms with Crippen molar-refractivity contribution in [3.63, 3.8) is 0 Å². The molecule has 3 fully saturated rings. The molecule has 0 spiro atoms. The second-order valence-electron chi connectivity index (χ2n) is 14.8. The molecular formula is C42H45ClN6O4. The van der Waals surface area contributed by atoms with Gasteiger partial charge in [-0.25, -0.2) is 9.97 Å². The molecule has 53 heavy (non-hydrogen) atoms. The van der Waals surface area contributed by atoms with Crippen LogP contribution in [0, 0.1) is 11.8 Å². The van der Waals surface area contributed by atoms with Crippen LogP contribution in [0.3, 0.4) is 0 Å². The van der Waals surface area contributed by atoms with E-state index in [0.29, 0.717) is 67.8 Å². The number of ether oxygens (including phenoxy) is 1. The summed E-state index contributed by atoms with van der Waals surface area (Å²) >= 11 is 6.61. The van der Waals surface area contributed by atoms with Crippen molar-refractivity contribution in [2.45, 2.75) is 70.1 Å². The molecular weight excluding hydrogens is 688 g/mol. The van der Waals surface area contributed by atoms with Crippen LogP contribution in [0.2, 0.25) is 5.02 Å². The molecule has 3 aliphatic heterocycles. The highest BCUT2D eigenvalue weighted by Crippen LogP contribution is 2.33. The largest absolute Gasteiger partial charge is 0.490 e. The van der Waals surface area contributed by atoms with Crippen LogP contribution in [0.15, 0.2) is 79.0 Å². The molecule has 1 saturated carbocycles. The number of nitrogens with zero attached hydrogens (tertiary/aromatic N) is 4. The zero-order valence-electron chi connectivity index (χ0n) is 29.8. The number of likely N-dealkylation sites (tertiary alicyclic amines) is 2. The fraction of sp³-hybridized carbons (Fsp3) is 0.405. The summed E-state index contributed by atoms with van der Waals surface area (Å²) in [6.45, 7) is 3.11. The zero-order valence-corrected chi connectivity index (χ0v) is 30.6. The third-order valence-corrected chi connectivity index (χ3v) is 11.6. The van der Waals surface area contributed by atoms with E-state index in [1.807, 2.05) is 58.3 Å². The highest BCUT2D eigenvalue weighted by Gasteiger charge is 2.36. The van der Waals surface area contributed by atoms with Gasteiger partial charge >= 0.3 is 0 Å². The average Bonchev–Trinajstić information content (AvgIpc) is 3.58. The minimum atomic E-state index is -0.0655. The first-order valence-electron chi connectivity index (χ1n) is 19.0. The van der Waals surface area contributed by atoms with Gasteiger partial charge in [-0.2, -0.15) is 0 Å². The first-order valence-corrected chi connectivity index (χ1v) is 19.4. The van der Waals surface area contributed by atoms with Crippen LogP contribution in [0.5, 0.6) is 5.75 Å². The first kappa shape index (κ1) is 35.1. The van der Waals surface area contributed by atoms with Gasteiger partial charge in [-0.1, -0.05) is 66.6 Å². The van der Waals surface area contributed by atoms with Crippen molar-refractivity contribution < 1.29 is 19.1 Å². The number of fused-ring (bicyclic) bond motifs is 1. The van der Waals surface area contributed by atoms with Crippen LogP contribution in [-0.4, -0.2) is 75.8 Å². The van der Waals surface area contributed by atoms with E-state index in [0.717, 1.165) is 66.5 Å². The summed E-state index contributed by atoms with van der Waals surface area (Å²) in [4.78, 5) is 52.4. The summed E-state index contributed by atoms with van der Waals surface area (Å²) in [6, 6.07) is 24.1. The van der Waals surface area contributed by atoms with Crippen molar-refractivity contribution in [1.82, 2.24) is 25.1 Å². The number of amides is 3. The quantitative estimate of drug-likeness (QED) is 0.201. The molecule has 0 bridgehead atoms. The number of piperidine rings is 2. The van der Waals surface area contributed by atoms with Gasteiger partial charge in [-0.3, -0.25) is 14.4 Å². The maximum atomic E-state index is 13.7. The van der Waals surface area contributed by atoms with Gasteiger partial charge in [0.2, 0.25) is 17.8 Å². The Kier molecular flexibility index (Phi) is 10.3. The molecule has 3 aromatic carbocycles. The van der Waals surface area contributed by atoms with Crippen molar-refractivity contribution >= 4 is 35.3 Å². The van der Waals surface area contributed by atoms with Crippen molar-refractivity contribution in [1.29, 1.82) is 0 Å².